The van der Waals surface area contributed by atoms with E-state index in [1.807, 2.05) is 0 Å². The zero-order chi connectivity index (χ0) is 9.84. The van der Waals surface area contributed by atoms with Gasteiger partial charge in [0.1, 0.15) is 0 Å². The van der Waals surface area contributed by atoms with E-state index >= 15 is 0 Å². The third-order valence-electron chi connectivity index (χ3n) is 1.66. The number of halogens is 1. The van der Waals surface area contributed by atoms with Gasteiger partial charge in [0.15, 0.2) is 0 Å². The average Bonchev–Trinajstić information content (AvgIpc) is 2.17. The lowest BCUT2D eigenvalue weighted by Gasteiger charge is -2.05. The highest BCUT2D eigenvalue weighted by Crippen LogP contribution is 2.22. The molecule has 4 heteroatoms. The maximum absolute atomic E-state index is 11.1. The van der Waals surface area contributed by atoms with E-state index < -0.39 is 0 Å². The lowest BCUT2D eigenvalue weighted by molar-refractivity contribution is 0.0601. The molecule has 1 aromatic rings. The van der Waals surface area contributed by atoms with Gasteiger partial charge in [0.2, 0.25) is 0 Å². The fraction of sp³-hybridized carbons (Fsp3) is 0.222. The Morgan fingerprint density at radius 1 is 1.54 bits per heavy atom. The molecule has 0 saturated heterocycles. The number of esters is 1. The van der Waals surface area contributed by atoms with Gasteiger partial charge < -0.3 is 10.1 Å². The van der Waals surface area contributed by atoms with E-state index in [-0.39, 0.29) is 5.97 Å². The van der Waals surface area contributed by atoms with Gasteiger partial charge in [0, 0.05) is 7.05 Å². The van der Waals surface area contributed by atoms with Crippen LogP contribution in [0.1, 0.15) is 10.4 Å². The van der Waals surface area contributed by atoms with Crippen LogP contribution in [0.4, 0.5) is 5.69 Å². The molecule has 0 bridgehead atoms. The number of nitrogens with one attached hydrogen (secondary N) is 1. The maximum Gasteiger partial charge on any atom is 0.337 e. The van der Waals surface area contributed by atoms with Crippen molar-refractivity contribution < 1.29 is 9.53 Å². The highest BCUT2D eigenvalue weighted by atomic mass is 35.5. The summed E-state index contributed by atoms with van der Waals surface area (Å²) in [5.74, 6) is -0.367. The van der Waals surface area contributed by atoms with Crippen LogP contribution in [0, 0.1) is 0 Å². The number of hydrogen-bond donors (Lipinski definition) is 1. The molecule has 0 aromatic heterocycles. The lowest BCUT2D eigenvalue weighted by atomic mass is 10.2. The van der Waals surface area contributed by atoms with Gasteiger partial charge in [-0.3, -0.25) is 0 Å². The number of anilines is 1. The van der Waals surface area contributed by atoms with Crippen LogP contribution >= 0.6 is 11.6 Å². The summed E-state index contributed by atoms with van der Waals surface area (Å²) in [6.07, 6.45) is 0. The number of benzene rings is 1. The number of carbonyl (C=O) groups is 1. The molecule has 13 heavy (non-hydrogen) atoms. The van der Waals surface area contributed by atoms with E-state index in [1.54, 1.807) is 25.2 Å². The van der Waals surface area contributed by atoms with E-state index in [0.717, 1.165) is 0 Å². The van der Waals surface area contributed by atoms with Crippen LogP contribution in [0.25, 0.3) is 0 Å². The van der Waals surface area contributed by atoms with Crippen molar-refractivity contribution >= 4 is 23.3 Å². The lowest BCUT2D eigenvalue weighted by Crippen LogP contribution is -2.02. The first kappa shape index (κ1) is 9.86. The van der Waals surface area contributed by atoms with Crippen molar-refractivity contribution in [1.29, 1.82) is 0 Å². The molecule has 0 unspecified atom stereocenters. The molecule has 0 radical (unpaired) electrons. The topological polar surface area (TPSA) is 38.3 Å². The molecule has 0 atom stereocenters. The van der Waals surface area contributed by atoms with Crippen LogP contribution in [0.5, 0.6) is 0 Å². The van der Waals surface area contributed by atoms with E-state index in [9.17, 15) is 4.79 Å². The molecule has 1 N–H and O–H groups in total. The Balaban J connectivity index is 3.06. The van der Waals surface area contributed by atoms with Gasteiger partial charge in [0.05, 0.1) is 23.4 Å². The summed E-state index contributed by atoms with van der Waals surface area (Å²) in [7, 11) is 3.08. The predicted octanol–water partition coefficient (Wildman–Crippen LogP) is 2.17. The minimum atomic E-state index is -0.367. The van der Waals surface area contributed by atoms with Crippen LogP contribution in [0.2, 0.25) is 5.02 Å². The van der Waals surface area contributed by atoms with E-state index in [1.165, 1.54) is 7.11 Å². The van der Waals surface area contributed by atoms with Crippen molar-refractivity contribution in [1.82, 2.24) is 0 Å². The second-order valence-corrected chi connectivity index (χ2v) is 2.84. The Morgan fingerprint density at radius 3 is 2.77 bits per heavy atom. The Bertz CT molecular complexity index is 325. The zero-order valence-corrected chi connectivity index (χ0v) is 8.18. The fourth-order valence-corrected chi connectivity index (χ4v) is 1.17. The molecule has 0 heterocycles. The first-order valence-electron chi connectivity index (χ1n) is 3.74. The van der Waals surface area contributed by atoms with Gasteiger partial charge in [-0.1, -0.05) is 11.6 Å². The number of carbonyl (C=O) groups excluding carboxylic acids is 1. The maximum atomic E-state index is 11.1. The van der Waals surface area contributed by atoms with Crippen molar-refractivity contribution in [3.63, 3.8) is 0 Å². The fourth-order valence-electron chi connectivity index (χ4n) is 0.962. The molecule has 3 nitrogen and oxygen atoms in total. The highest BCUT2D eigenvalue weighted by molar-refractivity contribution is 6.33. The summed E-state index contributed by atoms with van der Waals surface area (Å²) in [5.41, 5.74) is 1.20. The van der Waals surface area contributed by atoms with Crippen molar-refractivity contribution in [2.45, 2.75) is 0 Å². The largest absolute Gasteiger partial charge is 0.465 e. The van der Waals surface area contributed by atoms with Gasteiger partial charge in [-0.25, -0.2) is 4.79 Å². The summed E-state index contributed by atoms with van der Waals surface area (Å²) in [5, 5.41) is 3.45. The number of rotatable bonds is 2. The molecule has 1 rings (SSSR count). The molecule has 0 spiro atoms. The minimum absolute atomic E-state index is 0.367. The SMILES string of the molecule is CNc1cc(C(=O)OC)ccc1Cl. The Kier molecular flexibility index (Phi) is 3.14. The molecular weight excluding hydrogens is 190 g/mol. The first-order valence-corrected chi connectivity index (χ1v) is 4.12. The van der Waals surface area contributed by atoms with Crippen molar-refractivity contribution in [3.05, 3.63) is 28.8 Å². The highest BCUT2D eigenvalue weighted by Gasteiger charge is 2.07. The predicted molar refractivity (Wildman–Crippen MR) is 52.3 cm³/mol. The van der Waals surface area contributed by atoms with Crippen LogP contribution in [-0.4, -0.2) is 20.1 Å². The number of methoxy groups -OCH3 is 1. The molecule has 0 amide bonds. The Labute approximate surface area is 81.7 Å². The van der Waals surface area contributed by atoms with Gasteiger partial charge in [-0.15, -0.1) is 0 Å². The minimum Gasteiger partial charge on any atom is -0.465 e. The van der Waals surface area contributed by atoms with Gasteiger partial charge in [-0.05, 0) is 18.2 Å². The first-order chi connectivity index (χ1) is 6.19. The molecule has 0 aliphatic heterocycles. The third-order valence-corrected chi connectivity index (χ3v) is 1.99. The number of hydrogen-bond acceptors (Lipinski definition) is 3. The van der Waals surface area contributed by atoms with Crippen LogP contribution in [0.15, 0.2) is 18.2 Å². The van der Waals surface area contributed by atoms with Gasteiger partial charge in [-0.2, -0.15) is 0 Å². The van der Waals surface area contributed by atoms with Gasteiger partial charge in [0.25, 0.3) is 0 Å². The molecule has 1 aromatic carbocycles. The van der Waals surface area contributed by atoms with E-state index in [4.69, 9.17) is 11.6 Å². The Hall–Kier alpha value is -1.22. The Morgan fingerprint density at radius 2 is 2.23 bits per heavy atom. The smallest absolute Gasteiger partial charge is 0.337 e. The summed E-state index contributed by atoms with van der Waals surface area (Å²) < 4.78 is 4.57. The van der Waals surface area contributed by atoms with Crippen molar-refractivity contribution in [2.24, 2.45) is 0 Å². The standard InChI is InChI=1S/C9H10ClNO2/c1-11-8-5-6(9(12)13-2)3-4-7(8)10/h3-5,11H,1-2H3. The average molecular weight is 200 g/mol. The monoisotopic (exact) mass is 199 g/mol. The van der Waals surface area contributed by atoms with E-state index in [0.29, 0.717) is 16.3 Å². The second kappa shape index (κ2) is 4.14. The number of ether oxygens (including phenoxy) is 1. The van der Waals surface area contributed by atoms with Crippen LogP contribution in [-0.2, 0) is 4.74 Å². The zero-order valence-electron chi connectivity index (χ0n) is 7.43. The molecule has 70 valence electrons. The quantitative estimate of drug-likeness (QED) is 0.742. The molecule has 0 saturated carbocycles. The summed E-state index contributed by atoms with van der Waals surface area (Å²) in [4.78, 5) is 11.1. The van der Waals surface area contributed by atoms with Gasteiger partial charge >= 0.3 is 5.97 Å². The van der Waals surface area contributed by atoms with Crippen molar-refractivity contribution in [3.8, 4) is 0 Å². The molecule has 0 fully saturated rings. The van der Waals surface area contributed by atoms with Crippen LogP contribution < -0.4 is 5.32 Å². The normalized spacial score (nSPS) is 9.46. The van der Waals surface area contributed by atoms with Crippen LogP contribution in [0.3, 0.4) is 0 Å². The summed E-state index contributed by atoms with van der Waals surface area (Å²) >= 11 is 5.83. The summed E-state index contributed by atoms with van der Waals surface area (Å²) in [6.45, 7) is 0. The molecular formula is C9H10ClNO2. The molecule has 0 aliphatic rings. The third kappa shape index (κ3) is 2.12. The molecule has 0 aliphatic carbocycles. The van der Waals surface area contributed by atoms with Crippen molar-refractivity contribution in [2.75, 3.05) is 19.5 Å². The second-order valence-electron chi connectivity index (χ2n) is 2.44. The summed E-state index contributed by atoms with van der Waals surface area (Å²) in [6, 6.07) is 4.92. The van der Waals surface area contributed by atoms with E-state index in [2.05, 4.69) is 10.1 Å².